The van der Waals surface area contributed by atoms with Crippen LogP contribution in [0.1, 0.15) is 6.42 Å². The number of aliphatic carboxylic acids is 1. The second-order valence-electron chi connectivity index (χ2n) is 2.95. The first-order valence-corrected chi connectivity index (χ1v) is 4.57. The van der Waals surface area contributed by atoms with Crippen LogP contribution >= 0.6 is 12.6 Å². The molecule has 0 unspecified atom stereocenters. The largest absolute Gasteiger partial charge is 0.480 e. The summed E-state index contributed by atoms with van der Waals surface area (Å²) in [5.74, 6) is -2.56. The Balaban J connectivity index is 2.90. The minimum Gasteiger partial charge on any atom is -0.480 e. The quantitative estimate of drug-likeness (QED) is 0.393. The maximum atomic E-state index is 11.3. The zero-order valence-electron chi connectivity index (χ0n) is 7.21. The number of carboxylic acid groups (broad SMARTS) is 1. The average Bonchev–Trinajstić information content (AvgIpc) is 2.32. The number of nitrogens with two attached hydrogens (primary N) is 1. The Hall–Kier alpha value is -1.08. The molecular formula is C7H10N2O4S. The third kappa shape index (κ3) is 1.73. The lowest BCUT2D eigenvalue weighted by Gasteiger charge is -2.20. The van der Waals surface area contributed by atoms with E-state index in [0.29, 0.717) is 4.90 Å². The molecule has 0 aromatic carbocycles. The molecule has 1 saturated heterocycles. The third-order valence-corrected chi connectivity index (χ3v) is 2.33. The Labute approximate surface area is 85.5 Å². The summed E-state index contributed by atoms with van der Waals surface area (Å²) >= 11 is 3.77. The molecule has 0 spiro atoms. The molecule has 1 rings (SSSR count). The second-order valence-corrected chi connectivity index (χ2v) is 3.31. The lowest BCUT2D eigenvalue weighted by Crippen LogP contribution is -2.47. The Morgan fingerprint density at radius 1 is 1.71 bits per heavy atom. The van der Waals surface area contributed by atoms with Crippen molar-refractivity contribution in [3.63, 3.8) is 0 Å². The molecule has 0 aromatic rings. The fourth-order valence-corrected chi connectivity index (χ4v) is 1.59. The van der Waals surface area contributed by atoms with E-state index < -0.39 is 29.9 Å². The fourth-order valence-electron chi connectivity index (χ4n) is 1.27. The number of carbonyl (C=O) groups excluding carboxylic acids is 2. The van der Waals surface area contributed by atoms with Crippen molar-refractivity contribution >= 4 is 30.4 Å². The van der Waals surface area contributed by atoms with Crippen LogP contribution in [0.15, 0.2) is 0 Å². The number of carbonyl (C=O) groups is 3. The van der Waals surface area contributed by atoms with Crippen LogP contribution in [0.25, 0.3) is 0 Å². The number of thiol groups is 1. The highest BCUT2D eigenvalue weighted by atomic mass is 32.1. The van der Waals surface area contributed by atoms with Crippen molar-refractivity contribution in [1.82, 2.24) is 4.90 Å². The van der Waals surface area contributed by atoms with Gasteiger partial charge in [-0.25, -0.2) is 4.79 Å². The summed E-state index contributed by atoms with van der Waals surface area (Å²) in [6, 6.07) is -2.13. The van der Waals surface area contributed by atoms with E-state index in [9.17, 15) is 14.4 Å². The number of carboxylic acids is 1. The number of hydrogen-bond acceptors (Lipinski definition) is 5. The van der Waals surface area contributed by atoms with E-state index in [-0.39, 0.29) is 12.2 Å². The monoisotopic (exact) mass is 218 g/mol. The summed E-state index contributed by atoms with van der Waals surface area (Å²) in [7, 11) is 0. The van der Waals surface area contributed by atoms with Crippen LogP contribution in [0.5, 0.6) is 0 Å². The zero-order chi connectivity index (χ0) is 10.9. The highest BCUT2D eigenvalue weighted by Gasteiger charge is 2.42. The SMILES string of the molecule is N[C@H]1CC(=O)N([C@@H](CS)C(=O)O)C1=O. The van der Waals surface area contributed by atoms with Crippen molar-refractivity contribution in [3.05, 3.63) is 0 Å². The number of amides is 2. The molecule has 7 heteroatoms. The van der Waals surface area contributed by atoms with Crippen molar-refractivity contribution in [2.45, 2.75) is 18.5 Å². The maximum absolute atomic E-state index is 11.3. The van der Waals surface area contributed by atoms with E-state index in [4.69, 9.17) is 10.8 Å². The van der Waals surface area contributed by atoms with Gasteiger partial charge in [0.2, 0.25) is 11.8 Å². The van der Waals surface area contributed by atoms with Crippen LogP contribution in [0.2, 0.25) is 0 Å². The highest BCUT2D eigenvalue weighted by molar-refractivity contribution is 7.80. The average molecular weight is 218 g/mol. The van der Waals surface area contributed by atoms with Crippen molar-refractivity contribution in [2.24, 2.45) is 5.73 Å². The predicted molar refractivity (Wildman–Crippen MR) is 49.7 cm³/mol. The van der Waals surface area contributed by atoms with Gasteiger partial charge in [0, 0.05) is 5.75 Å². The maximum Gasteiger partial charge on any atom is 0.327 e. The summed E-state index contributed by atoms with van der Waals surface area (Å²) in [6.07, 6.45) is -0.129. The molecule has 0 saturated carbocycles. The summed E-state index contributed by atoms with van der Waals surface area (Å²) in [4.78, 5) is 33.9. The first-order chi connectivity index (χ1) is 6.49. The van der Waals surface area contributed by atoms with Gasteiger partial charge in [-0.3, -0.25) is 14.5 Å². The molecular weight excluding hydrogens is 208 g/mol. The van der Waals surface area contributed by atoms with Crippen LogP contribution in [0.4, 0.5) is 0 Å². The number of nitrogens with zero attached hydrogens (tertiary/aromatic N) is 1. The van der Waals surface area contributed by atoms with Crippen LogP contribution in [-0.4, -0.2) is 45.6 Å². The van der Waals surface area contributed by atoms with Gasteiger partial charge in [-0.05, 0) is 0 Å². The van der Waals surface area contributed by atoms with Gasteiger partial charge in [0.15, 0.2) is 0 Å². The molecule has 1 aliphatic heterocycles. The summed E-state index contributed by atoms with van der Waals surface area (Å²) in [5, 5.41) is 8.72. The van der Waals surface area contributed by atoms with Crippen molar-refractivity contribution in [1.29, 1.82) is 0 Å². The van der Waals surface area contributed by atoms with Crippen LogP contribution < -0.4 is 5.73 Å². The molecule has 1 aliphatic rings. The number of rotatable bonds is 3. The second kappa shape index (κ2) is 3.97. The molecule has 3 N–H and O–H groups in total. The number of hydrogen-bond donors (Lipinski definition) is 3. The molecule has 0 aliphatic carbocycles. The van der Waals surface area contributed by atoms with Crippen LogP contribution in [0.3, 0.4) is 0 Å². The molecule has 6 nitrogen and oxygen atoms in total. The molecule has 1 fully saturated rings. The van der Waals surface area contributed by atoms with Crippen LogP contribution in [0, 0.1) is 0 Å². The van der Waals surface area contributed by atoms with Gasteiger partial charge in [-0.2, -0.15) is 12.6 Å². The van der Waals surface area contributed by atoms with E-state index in [2.05, 4.69) is 12.6 Å². The van der Waals surface area contributed by atoms with Gasteiger partial charge < -0.3 is 10.8 Å². The minimum absolute atomic E-state index is 0.112. The first kappa shape index (κ1) is 11.0. The topological polar surface area (TPSA) is 101 Å². The van der Waals surface area contributed by atoms with E-state index in [1.165, 1.54) is 0 Å². The lowest BCUT2D eigenvalue weighted by atomic mass is 10.3. The smallest absolute Gasteiger partial charge is 0.327 e. The van der Waals surface area contributed by atoms with Crippen molar-refractivity contribution in [3.8, 4) is 0 Å². The van der Waals surface area contributed by atoms with Gasteiger partial charge in [-0.1, -0.05) is 0 Å². The Kier molecular flexibility index (Phi) is 3.12. The van der Waals surface area contributed by atoms with Gasteiger partial charge >= 0.3 is 5.97 Å². The normalized spacial score (nSPS) is 24.1. The van der Waals surface area contributed by atoms with E-state index in [0.717, 1.165) is 0 Å². The highest BCUT2D eigenvalue weighted by Crippen LogP contribution is 2.15. The number of likely N-dealkylation sites (tertiary alicyclic amines) is 1. The fraction of sp³-hybridized carbons (Fsp3) is 0.571. The zero-order valence-corrected chi connectivity index (χ0v) is 8.11. The first-order valence-electron chi connectivity index (χ1n) is 3.94. The summed E-state index contributed by atoms with van der Waals surface area (Å²) < 4.78 is 0. The molecule has 0 radical (unpaired) electrons. The Morgan fingerprint density at radius 3 is 2.57 bits per heavy atom. The Morgan fingerprint density at radius 2 is 2.29 bits per heavy atom. The molecule has 78 valence electrons. The van der Waals surface area contributed by atoms with Gasteiger partial charge in [0.25, 0.3) is 0 Å². The molecule has 14 heavy (non-hydrogen) atoms. The summed E-state index contributed by atoms with van der Waals surface area (Å²) in [6.45, 7) is 0. The molecule has 2 atom stereocenters. The molecule has 0 bridgehead atoms. The van der Waals surface area contributed by atoms with E-state index >= 15 is 0 Å². The van der Waals surface area contributed by atoms with E-state index in [1.807, 2.05) is 0 Å². The van der Waals surface area contributed by atoms with Crippen LogP contribution in [-0.2, 0) is 14.4 Å². The van der Waals surface area contributed by atoms with Gasteiger partial charge in [0.1, 0.15) is 6.04 Å². The van der Waals surface area contributed by atoms with Gasteiger partial charge in [-0.15, -0.1) is 0 Å². The summed E-state index contributed by atoms with van der Waals surface area (Å²) in [5.41, 5.74) is 5.32. The van der Waals surface area contributed by atoms with Crippen molar-refractivity contribution < 1.29 is 19.5 Å². The predicted octanol–water partition coefficient (Wildman–Crippen LogP) is -1.54. The number of imide groups is 1. The molecule has 2 amide bonds. The molecule has 0 aromatic heterocycles. The molecule has 1 heterocycles. The standard InChI is InChI=1S/C7H10N2O4S/c8-3-1-5(10)9(6(3)11)4(2-14)7(12)13/h3-4,14H,1-2,8H2,(H,12,13)/t3-,4-/m0/s1. The minimum atomic E-state index is -1.25. The van der Waals surface area contributed by atoms with E-state index in [1.54, 1.807) is 0 Å². The third-order valence-electron chi connectivity index (χ3n) is 1.99. The van der Waals surface area contributed by atoms with Crippen molar-refractivity contribution in [2.75, 3.05) is 5.75 Å². The van der Waals surface area contributed by atoms with Gasteiger partial charge in [0.05, 0.1) is 12.5 Å². The Bertz CT molecular complexity index is 293. The lowest BCUT2D eigenvalue weighted by molar-refractivity contribution is -0.153.